The molecule has 1 aliphatic heterocycles. The normalized spacial score (nSPS) is 13.4. The van der Waals surface area contributed by atoms with Crippen molar-refractivity contribution in [2.75, 3.05) is 24.7 Å². The number of fused-ring (bicyclic) bond motifs is 1. The van der Waals surface area contributed by atoms with Crippen LogP contribution in [-0.2, 0) is 19.1 Å². The van der Waals surface area contributed by atoms with Crippen molar-refractivity contribution >= 4 is 23.5 Å². The highest BCUT2D eigenvalue weighted by Crippen LogP contribution is 2.31. The Morgan fingerprint density at radius 1 is 1.35 bits per heavy atom. The number of anilines is 1. The molecule has 0 unspecified atom stereocenters. The number of carbonyl (C=O) groups is 3. The summed E-state index contributed by atoms with van der Waals surface area (Å²) in [4.78, 5) is 35.2. The number of para-hydroxylation sites is 2. The highest BCUT2D eigenvalue weighted by Gasteiger charge is 2.25. The SMILES string of the molecule is NC(=O)COC(=O)CCN1C(=O)COc2ccccc21. The Morgan fingerprint density at radius 2 is 2.10 bits per heavy atom. The van der Waals surface area contributed by atoms with Crippen LogP contribution in [0.5, 0.6) is 5.75 Å². The lowest BCUT2D eigenvalue weighted by molar-refractivity contribution is -0.147. The van der Waals surface area contributed by atoms with E-state index in [1.54, 1.807) is 24.3 Å². The van der Waals surface area contributed by atoms with Crippen LogP contribution in [0, 0.1) is 0 Å². The Morgan fingerprint density at radius 3 is 2.85 bits per heavy atom. The summed E-state index contributed by atoms with van der Waals surface area (Å²) in [5.41, 5.74) is 5.48. The van der Waals surface area contributed by atoms with Crippen molar-refractivity contribution in [2.45, 2.75) is 6.42 Å². The third-order valence-corrected chi connectivity index (χ3v) is 2.72. The molecule has 0 bridgehead atoms. The molecule has 1 aromatic rings. The number of nitrogens with two attached hydrogens (primary N) is 1. The number of benzene rings is 1. The van der Waals surface area contributed by atoms with Crippen LogP contribution in [0.2, 0.25) is 0 Å². The molecule has 20 heavy (non-hydrogen) atoms. The number of nitrogens with zero attached hydrogens (tertiary/aromatic N) is 1. The fourth-order valence-electron chi connectivity index (χ4n) is 1.83. The molecule has 7 nitrogen and oxygen atoms in total. The van der Waals surface area contributed by atoms with Gasteiger partial charge < -0.3 is 20.1 Å². The van der Waals surface area contributed by atoms with Crippen LogP contribution in [0.4, 0.5) is 5.69 Å². The van der Waals surface area contributed by atoms with Crippen LogP contribution in [0.3, 0.4) is 0 Å². The summed E-state index contributed by atoms with van der Waals surface area (Å²) in [5.74, 6) is -0.935. The van der Waals surface area contributed by atoms with E-state index in [1.807, 2.05) is 0 Å². The first-order valence-corrected chi connectivity index (χ1v) is 6.04. The van der Waals surface area contributed by atoms with Crippen molar-refractivity contribution in [1.29, 1.82) is 0 Å². The molecule has 0 saturated heterocycles. The Hall–Kier alpha value is -2.57. The molecule has 0 fully saturated rings. The second-order valence-corrected chi connectivity index (χ2v) is 4.18. The molecule has 1 aliphatic rings. The number of carbonyl (C=O) groups excluding carboxylic acids is 3. The van der Waals surface area contributed by atoms with Crippen molar-refractivity contribution in [1.82, 2.24) is 0 Å². The van der Waals surface area contributed by atoms with E-state index < -0.39 is 18.5 Å². The molecule has 0 radical (unpaired) electrons. The van der Waals surface area contributed by atoms with E-state index in [4.69, 9.17) is 10.5 Å². The number of hydrogen-bond donors (Lipinski definition) is 1. The van der Waals surface area contributed by atoms with Gasteiger partial charge in [0.05, 0.1) is 12.1 Å². The third-order valence-electron chi connectivity index (χ3n) is 2.72. The van der Waals surface area contributed by atoms with Gasteiger partial charge in [-0.15, -0.1) is 0 Å². The van der Waals surface area contributed by atoms with Gasteiger partial charge in [-0.1, -0.05) is 12.1 Å². The minimum absolute atomic E-state index is 0.0205. The zero-order chi connectivity index (χ0) is 14.5. The molecule has 106 valence electrons. The molecule has 0 aliphatic carbocycles. The van der Waals surface area contributed by atoms with Crippen LogP contribution in [0.1, 0.15) is 6.42 Å². The molecule has 2 N–H and O–H groups in total. The van der Waals surface area contributed by atoms with Gasteiger partial charge in [-0.2, -0.15) is 0 Å². The zero-order valence-corrected chi connectivity index (χ0v) is 10.7. The predicted octanol–water partition coefficient (Wildman–Crippen LogP) is -0.169. The average molecular weight is 278 g/mol. The lowest BCUT2D eigenvalue weighted by Gasteiger charge is -2.28. The first-order chi connectivity index (χ1) is 9.58. The van der Waals surface area contributed by atoms with Crippen LogP contribution in [0.25, 0.3) is 0 Å². The van der Waals surface area contributed by atoms with Gasteiger partial charge in [0.1, 0.15) is 5.75 Å². The van der Waals surface area contributed by atoms with Crippen molar-refractivity contribution in [3.8, 4) is 5.75 Å². The fourth-order valence-corrected chi connectivity index (χ4v) is 1.83. The molecule has 1 heterocycles. The van der Waals surface area contributed by atoms with Gasteiger partial charge in [0.25, 0.3) is 11.8 Å². The smallest absolute Gasteiger partial charge is 0.308 e. The van der Waals surface area contributed by atoms with Gasteiger partial charge in [0.15, 0.2) is 13.2 Å². The molecule has 2 amide bonds. The zero-order valence-electron chi connectivity index (χ0n) is 10.7. The number of rotatable bonds is 5. The van der Waals surface area contributed by atoms with Gasteiger partial charge in [-0.3, -0.25) is 14.4 Å². The summed E-state index contributed by atoms with van der Waals surface area (Å²) >= 11 is 0. The molecule has 0 spiro atoms. The topological polar surface area (TPSA) is 98.9 Å². The van der Waals surface area contributed by atoms with E-state index in [1.165, 1.54) is 4.90 Å². The number of ether oxygens (including phenoxy) is 2. The first kappa shape index (κ1) is 13.9. The van der Waals surface area contributed by atoms with E-state index in [2.05, 4.69) is 4.74 Å². The highest BCUT2D eigenvalue weighted by atomic mass is 16.5. The minimum Gasteiger partial charge on any atom is -0.482 e. The predicted molar refractivity (Wildman–Crippen MR) is 69.1 cm³/mol. The Kier molecular flexibility index (Phi) is 4.19. The van der Waals surface area contributed by atoms with Crippen LogP contribution < -0.4 is 15.4 Å². The summed E-state index contributed by atoms with van der Waals surface area (Å²) in [6, 6.07) is 7.06. The summed E-state index contributed by atoms with van der Waals surface area (Å²) in [6.07, 6.45) is -0.0205. The van der Waals surface area contributed by atoms with Crippen molar-refractivity contribution in [3.63, 3.8) is 0 Å². The standard InChI is InChI=1S/C13H14N2O5/c14-11(16)7-20-13(18)5-6-15-9-3-1-2-4-10(9)19-8-12(15)17/h1-4H,5-8H2,(H2,14,16). The molecule has 1 aromatic carbocycles. The summed E-state index contributed by atoms with van der Waals surface area (Å²) < 4.78 is 9.92. The average Bonchev–Trinajstić information content (AvgIpc) is 2.44. The highest BCUT2D eigenvalue weighted by molar-refractivity contribution is 5.98. The van der Waals surface area contributed by atoms with E-state index in [0.29, 0.717) is 11.4 Å². The Labute approximate surface area is 115 Å². The van der Waals surface area contributed by atoms with Gasteiger partial charge in [-0.25, -0.2) is 0 Å². The summed E-state index contributed by atoms with van der Waals surface area (Å²) in [7, 11) is 0. The number of hydrogen-bond acceptors (Lipinski definition) is 5. The minimum atomic E-state index is -0.717. The van der Waals surface area contributed by atoms with Crippen LogP contribution >= 0.6 is 0 Å². The van der Waals surface area contributed by atoms with Crippen LogP contribution in [-0.4, -0.2) is 37.5 Å². The van der Waals surface area contributed by atoms with E-state index in [0.717, 1.165) is 0 Å². The molecular formula is C13H14N2O5. The lowest BCUT2D eigenvalue weighted by atomic mass is 10.2. The largest absolute Gasteiger partial charge is 0.482 e. The Balaban J connectivity index is 1.97. The summed E-state index contributed by atoms with van der Waals surface area (Å²) in [5, 5.41) is 0. The molecule has 0 atom stereocenters. The molecule has 0 saturated carbocycles. The van der Waals surface area contributed by atoms with E-state index in [-0.39, 0.29) is 25.5 Å². The number of primary amides is 1. The Bertz CT molecular complexity index is 543. The quantitative estimate of drug-likeness (QED) is 0.754. The van der Waals surface area contributed by atoms with E-state index in [9.17, 15) is 14.4 Å². The van der Waals surface area contributed by atoms with E-state index >= 15 is 0 Å². The van der Waals surface area contributed by atoms with Gasteiger partial charge >= 0.3 is 5.97 Å². The van der Waals surface area contributed by atoms with Crippen molar-refractivity contribution in [2.24, 2.45) is 5.73 Å². The maximum atomic E-state index is 11.8. The maximum Gasteiger partial charge on any atom is 0.308 e. The molecule has 2 rings (SSSR count). The maximum absolute atomic E-state index is 11.8. The number of amides is 2. The van der Waals surface area contributed by atoms with Crippen molar-refractivity contribution < 1.29 is 23.9 Å². The second-order valence-electron chi connectivity index (χ2n) is 4.18. The summed E-state index contributed by atoms with van der Waals surface area (Å²) in [6.45, 7) is -0.351. The van der Waals surface area contributed by atoms with Crippen molar-refractivity contribution in [3.05, 3.63) is 24.3 Å². The van der Waals surface area contributed by atoms with Gasteiger partial charge in [0, 0.05) is 6.54 Å². The third kappa shape index (κ3) is 3.25. The molecular weight excluding hydrogens is 264 g/mol. The second kappa shape index (κ2) is 6.05. The first-order valence-electron chi connectivity index (χ1n) is 6.04. The molecule has 0 aromatic heterocycles. The molecule has 7 heteroatoms. The van der Waals surface area contributed by atoms with Gasteiger partial charge in [-0.05, 0) is 12.1 Å². The van der Waals surface area contributed by atoms with Gasteiger partial charge in [0.2, 0.25) is 0 Å². The monoisotopic (exact) mass is 278 g/mol. The van der Waals surface area contributed by atoms with Crippen LogP contribution in [0.15, 0.2) is 24.3 Å². The fraction of sp³-hybridized carbons (Fsp3) is 0.308. The number of esters is 1. The lowest BCUT2D eigenvalue weighted by Crippen LogP contribution is -2.40.